The van der Waals surface area contributed by atoms with Crippen molar-refractivity contribution in [3.63, 3.8) is 0 Å². The number of nitrogens with one attached hydrogen (secondary N) is 2. The number of benzene rings is 3. The van der Waals surface area contributed by atoms with Gasteiger partial charge in [-0.2, -0.15) is 0 Å². The molecule has 3 amide bonds. The standard InChI is InChI=1S/C26H25N3O5/c1-33-20-12-13-23(34-2)18(15-20)9-14-24(30)27-19-10-7-17(8-11-19)26(32)29-16-25(31)28-21-5-3-4-6-22(21)29/h3-8,10-13,15H,9,14,16H2,1-2H3,(H,27,30)(H,28,31). The van der Waals surface area contributed by atoms with Crippen LogP contribution in [0.25, 0.3) is 0 Å². The molecule has 1 aliphatic heterocycles. The van der Waals surface area contributed by atoms with Crippen LogP contribution in [0.3, 0.4) is 0 Å². The number of ether oxygens (including phenoxy) is 2. The summed E-state index contributed by atoms with van der Waals surface area (Å²) < 4.78 is 10.6. The number of hydrogen-bond acceptors (Lipinski definition) is 5. The molecule has 0 bridgehead atoms. The molecule has 0 fully saturated rings. The average Bonchev–Trinajstić information content (AvgIpc) is 2.86. The summed E-state index contributed by atoms with van der Waals surface area (Å²) in [7, 11) is 3.18. The molecule has 3 aromatic carbocycles. The lowest BCUT2D eigenvalue weighted by molar-refractivity contribution is -0.116. The zero-order valence-electron chi connectivity index (χ0n) is 19.0. The van der Waals surface area contributed by atoms with E-state index in [9.17, 15) is 14.4 Å². The van der Waals surface area contributed by atoms with E-state index in [-0.39, 0.29) is 30.7 Å². The van der Waals surface area contributed by atoms with Crippen LogP contribution in [0.5, 0.6) is 11.5 Å². The first kappa shape index (κ1) is 22.8. The van der Waals surface area contributed by atoms with Gasteiger partial charge in [0.25, 0.3) is 5.91 Å². The Kier molecular flexibility index (Phi) is 6.77. The topological polar surface area (TPSA) is 97.0 Å². The number of hydrogen-bond donors (Lipinski definition) is 2. The number of para-hydroxylation sites is 2. The highest BCUT2D eigenvalue weighted by molar-refractivity contribution is 6.15. The summed E-state index contributed by atoms with van der Waals surface area (Å²) in [5, 5.41) is 5.62. The average molecular weight is 460 g/mol. The van der Waals surface area contributed by atoms with Crippen LogP contribution in [0.15, 0.2) is 66.7 Å². The van der Waals surface area contributed by atoms with E-state index in [0.717, 1.165) is 5.56 Å². The fourth-order valence-corrected chi connectivity index (χ4v) is 3.82. The Morgan fingerprint density at radius 3 is 2.50 bits per heavy atom. The second-order valence-electron chi connectivity index (χ2n) is 7.76. The third-order valence-electron chi connectivity index (χ3n) is 5.54. The number of anilines is 3. The number of methoxy groups -OCH3 is 2. The minimum absolute atomic E-state index is 0.0535. The number of carbonyl (C=O) groups is 3. The largest absolute Gasteiger partial charge is 0.497 e. The minimum Gasteiger partial charge on any atom is -0.497 e. The van der Waals surface area contributed by atoms with E-state index >= 15 is 0 Å². The van der Waals surface area contributed by atoms with Crippen molar-refractivity contribution in [1.29, 1.82) is 0 Å². The maximum Gasteiger partial charge on any atom is 0.258 e. The summed E-state index contributed by atoms with van der Waals surface area (Å²) in [5.74, 6) is 0.703. The second-order valence-corrected chi connectivity index (χ2v) is 7.76. The maximum absolute atomic E-state index is 13.1. The first-order valence-electron chi connectivity index (χ1n) is 10.8. The summed E-state index contributed by atoms with van der Waals surface area (Å²) in [6, 6.07) is 19.3. The molecule has 1 aliphatic rings. The fraction of sp³-hybridized carbons (Fsp3) is 0.192. The maximum atomic E-state index is 13.1. The Morgan fingerprint density at radius 1 is 1.00 bits per heavy atom. The molecule has 34 heavy (non-hydrogen) atoms. The van der Waals surface area contributed by atoms with Gasteiger partial charge in [0.1, 0.15) is 18.0 Å². The summed E-state index contributed by atoms with van der Waals surface area (Å²) in [4.78, 5) is 39.0. The van der Waals surface area contributed by atoms with Crippen LogP contribution in [0.4, 0.5) is 17.1 Å². The van der Waals surface area contributed by atoms with Crippen LogP contribution < -0.4 is 25.0 Å². The molecule has 4 rings (SSSR count). The first-order chi connectivity index (χ1) is 16.5. The Hall–Kier alpha value is -4.33. The summed E-state index contributed by atoms with van der Waals surface area (Å²) in [6.45, 7) is -0.0535. The summed E-state index contributed by atoms with van der Waals surface area (Å²) in [5.41, 5.74) is 3.13. The predicted molar refractivity (Wildman–Crippen MR) is 130 cm³/mol. The quantitative estimate of drug-likeness (QED) is 0.559. The highest BCUT2D eigenvalue weighted by Gasteiger charge is 2.27. The lowest BCUT2D eigenvalue weighted by Crippen LogP contribution is -2.42. The molecule has 0 aliphatic carbocycles. The van der Waals surface area contributed by atoms with Gasteiger partial charge in [-0.1, -0.05) is 12.1 Å². The van der Waals surface area contributed by atoms with Gasteiger partial charge in [-0.05, 0) is 66.6 Å². The van der Waals surface area contributed by atoms with Crippen LogP contribution in [0.1, 0.15) is 22.3 Å². The molecule has 2 N–H and O–H groups in total. The van der Waals surface area contributed by atoms with E-state index in [1.165, 1.54) is 4.90 Å². The molecule has 1 heterocycles. The molecule has 0 saturated carbocycles. The molecule has 3 aromatic rings. The van der Waals surface area contributed by atoms with Crippen molar-refractivity contribution in [2.45, 2.75) is 12.8 Å². The monoisotopic (exact) mass is 459 g/mol. The Bertz CT molecular complexity index is 1220. The third kappa shape index (κ3) is 5.01. The van der Waals surface area contributed by atoms with Crippen molar-refractivity contribution >= 4 is 34.8 Å². The SMILES string of the molecule is COc1ccc(OC)c(CCC(=O)Nc2ccc(C(=O)N3CC(=O)Nc4ccccc43)cc2)c1. The molecule has 0 unspecified atom stereocenters. The molecule has 174 valence electrons. The zero-order chi connectivity index (χ0) is 24.1. The van der Waals surface area contributed by atoms with E-state index in [4.69, 9.17) is 9.47 Å². The van der Waals surface area contributed by atoms with Gasteiger partial charge >= 0.3 is 0 Å². The lowest BCUT2D eigenvalue weighted by atomic mass is 10.1. The molecule has 0 radical (unpaired) electrons. The number of nitrogens with zero attached hydrogens (tertiary/aromatic N) is 1. The van der Waals surface area contributed by atoms with Crippen molar-refractivity contribution in [2.24, 2.45) is 0 Å². The van der Waals surface area contributed by atoms with E-state index in [1.54, 1.807) is 62.8 Å². The number of aryl methyl sites for hydroxylation is 1. The summed E-state index contributed by atoms with van der Waals surface area (Å²) in [6.07, 6.45) is 0.739. The Balaban J connectivity index is 1.39. The number of carbonyl (C=O) groups excluding carboxylic acids is 3. The van der Waals surface area contributed by atoms with Crippen molar-refractivity contribution in [2.75, 3.05) is 36.3 Å². The van der Waals surface area contributed by atoms with Gasteiger partial charge in [0.15, 0.2) is 0 Å². The van der Waals surface area contributed by atoms with Crippen molar-refractivity contribution in [3.8, 4) is 11.5 Å². The lowest BCUT2D eigenvalue weighted by Gasteiger charge is -2.29. The minimum atomic E-state index is -0.287. The van der Waals surface area contributed by atoms with E-state index < -0.39 is 0 Å². The number of rotatable bonds is 7. The second kappa shape index (κ2) is 10.1. The Morgan fingerprint density at radius 2 is 1.76 bits per heavy atom. The first-order valence-corrected chi connectivity index (χ1v) is 10.8. The van der Waals surface area contributed by atoms with Gasteiger partial charge in [0.05, 0.1) is 25.6 Å². The molecular weight excluding hydrogens is 434 g/mol. The van der Waals surface area contributed by atoms with Crippen molar-refractivity contribution in [1.82, 2.24) is 0 Å². The molecule has 0 aromatic heterocycles. The van der Waals surface area contributed by atoms with E-state index in [2.05, 4.69) is 10.6 Å². The molecule has 0 saturated heterocycles. The van der Waals surface area contributed by atoms with Gasteiger partial charge in [0.2, 0.25) is 11.8 Å². The normalized spacial score (nSPS) is 12.4. The molecule has 0 atom stereocenters. The van der Waals surface area contributed by atoms with Gasteiger partial charge in [-0.25, -0.2) is 0 Å². The molecule has 0 spiro atoms. The number of amides is 3. The van der Waals surface area contributed by atoms with Crippen molar-refractivity contribution < 1.29 is 23.9 Å². The molecule has 8 nitrogen and oxygen atoms in total. The highest BCUT2D eigenvalue weighted by Crippen LogP contribution is 2.30. The fourth-order valence-electron chi connectivity index (χ4n) is 3.82. The van der Waals surface area contributed by atoms with Gasteiger partial charge in [0, 0.05) is 17.7 Å². The third-order valence-corrected chi connectivity index (χ3v) is 5.54. The van der Waals surface area contributed by atoms with Crippen molar-refractivity contribution in [3.05, 3.63) is 77.9 Å². The van der Waals surface area contributed by atoms with E-state index in [0.29, 0.717) is 40.5 Å². The van der Waals surface area contributed by atoms with Gasteiger partial charge < -0.3 is 20.1 Å². The van der Waals surface area contributed by atoms with E-state index in [1.807, 2.05) is 18.2 Å². The predicted octanol–water partition coefficient (Wildman–Crippen LogP) is 3.87. The smallest absolute Gasteiger partial charge is 0.258 e. The zero-order valence-corrected chi connectivity index (χ0v) is 19.0. The van der Waals surface area contributed by atoms with Crippen LogP contribution in [0.2, 0.25) is 0 Å². The highest BCUT2D eigenvalue weighted by atomic mass is 16.5. The number of fused-ring (bicyclic) bond motifs is 1. The van der Waals surface area contributed by atoms with Crippen LogP contribution in [-0.4, -0.2) is 38.5 Å². The molecule has 8 heteroatoms. The Labute approximate surface area is 197 Å². The van der Waals surface area contributed by atoms with Gasteiger partial charge in [-0.3, -0.25) is 19.3 Å². The summed E-state index contributed by atoms with van der Waals surface area (Å²) >= 11 is 0. The van der Waals surface area contributed by atoms with Crippen LogP contribution in [-0.2, 0) is 16.0 Å². The van der Waals surface area contributed by atoms with Crippen LogP contribution in [0, 0.1) is 0 Å². The molecular formula is C26H25N3O5. The van der Waals surface area contributed by atoms with Crippen LogP contribution >= 0.6 is 0 Å². The van der Waals surface area contributed by atoms with Gasteiger partial charge in [-0.15, -0.1) is 0 Å².